The van der Waals surface area contributed by atoms with E-state index < -0.39 is 5.97 Å². The smallest absolute Gasteiger partial charge is 0.283 e. The van der Waals surface area contributed by atoms with E-state index in [1.54, 1.807) is 0 Å². The summed E-state index contributed by atoms with van der Waals surface area (Å²) in [6.45, 7) is 1.36. The van der Waals surface area contributed by atoms with Gasteiger partial charge in [-0.15, -0.1) is 11.6 Å². The Bertz CT molecular complexity index is 168. The van der Waals surface area contributed by atoms with Gasteiger partial charge in [-0.05, 0) is 19.3 Å². The first-order chi connectivity index (χ1) is 6.35. The molecule has 2 aliphatic heterocycles. The van der Waals surface area contributed by atoms with Crippen molar-refractivity contribution in [2.24, 2.45) is 0 Å². The molecule has 0 radical (unpaired) electrons. The van der Waals surface area contributed by atoms with E-state index >= 15 is 0 Å². The van der Waals surface area contributed by atoms with Crippen LogP contribution in [-0.4, -0.2) is 31.2 Å². The quantitative estimate of drug-likeness (QED) is 0.646. The SMILES string of the molecule is ClCCC1COC2(CCCCO2)O1. The second-order valence-corrected chi connectivity index (χ2v) is 3.90. The van der Waals surface area contributed by atoms with E-state index in [9.17, 15) is 0 Å². The Morgan fingerprint density at radius 2 is 2.23 bits per heavy atom. The summed E-state index contributed by atoms with van der Waals surface area (Å²) >= 11 is 5.63. The van der Waals surface area contributed by atoms with Crippen molar-refractivity contribution in [3.05, 3.63) is 0 Å². The summed E-state index contributed by atoms with van der Waals surface area (Å²) in [6, 6.07) is 0. The first kappa shape index (κ1) is 9.71. The zero-order valence-electron chi connectivity index (χ0n) is 7.63. The van der Waals surface area contributed by atoms with Gasteiger partial charge in [0.15, 0.2) is 0 Å². The molecule has 2 rings (SSSR count). The number of rotatable bonds is 2. The molecular formula is C9H15ClO3. The van der Waals surface area contributed by atoms with Gasteiger partial charge in [0.05, 0.1) is 19.3 Å². The molecule has 2 saturated heterocycles. The zero-order chi connectivity index (χ0) is 9.15. The number of hydrogen-bond acceptors (Lipinski definition) is 3. The first-order valence-corrected chi connectivity index (χ1v) is 5.40. The molecule has 1 spiro atoms. The molecule has 0 saturated carbocycles. The summed E-state index contributed by atoms with van der Waals surface area (Å²) in [5.74, 6) is -0.0981. The second-order valence-electron chi connectivity index (χ2n) is 3.52. The molecule has 0 N–H and O–H groups in total. The molecule has 2 heterocycles. The van der Waals surface area contributed by atoms with Crippen LogP contribution in [0.4, 0.5) is 0 Å². The summed E-state index contributed by atoms with van der Waals surface area (Å²) in [6.07, 6.45) is 4.04. The van der Waals surface area contributed by atoms with Gasteiger partial charge in [-0.1, -0.05) is 0 Å². The van der Waals surface area contributed by atoms with E-state index in [2.05, 4.69) is 0 Å². The summed E-state index contributed by atoms with van der Waals surface area (Å²) in [5, 5.41) is 0. The molecule has 76 valence electrons. The lowest BCUT2D eigenvalue weighted by molar-refractivity contribution is -0.351. The maximum absolute atomic E-state index is 5.70. The Morgan fingerprint density at radius 1 is 1.31 bits per heavy atom. The van der Waals surface area contributed by atoms with Gasteiger partial charge in [-0.2, -0.15) is 0 Å². The molecule has 2 unspecified atom stereocenters. The summed E-state index contributed by atoms with van der Waals surface area (Å²) in [7, 11) is 0. The van der Waals surface area contributed by atoms with Crippen LogP contribution in [-0.2, 0) is 14.2 Å². The van der Waals surface area contributed by atoms with Gasteiger partial charge in [-0.25, -0.2) is 0 Å². The molecule has 0 aromatic heterocycles. The monoisotopic (exact) mass is 206 g/mol. The van der Waals surface area contributed by atoms with Gasteiger partial charge in [0.1, 0.15) is 0 Å². The van der Waals surface area contributed by atoms with Crippen LogP contribution in [0.15, 0.2) is 0 Å². The molecule has 0 aromatic rings. The average Bonchev–Trinajstić information content (AvgIpc) is 2.51. The maximum Gasteiger partial charge on any atom is 0.283 e. The van der Waals surface area contributed by atoms with Crippen molar-refractivity contribution in [3.63, 3.8) is 0 Å². The lowest BCUT2D eigenvalue weighted by Crippen LogP contribution is -2.37. The van der Waals surface area contributed by atoms with E-state index in [4.69, 9.17) is 25.8 Å². The highest BCUT2D eigenvalue weighted by atomic mass is 35.5. The van der Waals surface area contributed by atoms with Gasteiger partial charge < -0.3 is 14.2 Å². The van der Waals surface area contributed by atoms with E-state index in [1.807, 2.05) is 0 Å². The molecule has 2 atom stereocenters. The molecule has 2 aliphatic rings. The van der Waals surface area contributed by atoms with Gasteiger partial charge >= 0.3 is 0 Å². The number of alkyl halides is 1. The van der Waals surface area contributed by atoms with Gasteiger partial charge in [0.25, 0.3) is 5.97 Å². The molecule has 3 nitrogen and oxygen atoms in total. The van der Waals surface area contributed by atoms with Crippen LogP contribution >= 0.6 is 11.6 Å². The van der Waals surface area contributed by atoms with Crippen LogP contribution in [0.5, 0.6) is 0 Å². The van der Waals surface area contributed by atoms with Crippen LogP contribution in [0.25, 0.3) is 0 Å². The fourth-order valence-corrected chi connectivity index (χ4v) is 2.00. The van der Waals surface area contributed by atoms with Crippen LogP contribution in [0.1, 0.15) is 25.7 Å². The lowest BCUT2D eigenvalue weighted by atomic mass is 10.2. The summed E-state index contributed by atoms with van der Waals surface area (Å²) in [4.78, 5) is 0. The number of ether oxygens (including phenoxy) is 3. The molecule has 13 heavy (non-hydrogen) atoms. The zero-order valence-corrected chi connectivity index (χ0v) is 8.39. The predicted octanol–water partition coefficient (Wildman–Crippen LogP) is 1.89. The van der Waals surface area contributed by atoms with Gasteiger partial charge in [0, 0.05) is 12.3 Å². The molecule has 0 aromatic carbocycles. The third-order valence-electron chi connectivity index (χ3n) is 2.47. The Balaban J connectivity index is 1.87. The standard InChI is InChI=1S/C9H15ClO3/c10-5-3-8-7-12-9(13-8)4-1-2-6-11-9/h8H,1-7H2. The van der Waals surface area contributed by atoms with Crippen molar-refractivity contribution < 1.29 is 14.2 Å². The Hall–Kier alpha value is 0.170. The van der Waals surface area contributed by atoms with Crippen molar-refractivity contribution in [2.75, 3.05) is 19.1 Å². The van der Waals surface area contributed by atoms with E-state index in [0.29, 0.717) is 12.5 Å². The second kappa shape index (κ2) is 4.13. The molecule has 2 fully saturated rings. The van der Waals surface area contributed by atoms with E-state index in [0.717, 1.165) is 32.3 Å². The largest absolute Gasteiger partial charge is 0.327 e. The highest BCUT2D eigenvalue weighted by Crippen LogP contribution is 2.34. The van der Waals surface area contributed by atoms with E-state index in [1.165, 1.54) is 0 Å². The average molecular weight is 207 g/mol. The topological polar surface area (TPSA) is 27.7 Å². The van der Waals surface area contributed by atoms with Gasteiger partial charge in [0.2, 0.25) is 0 Å². The molecule has 0 aliphatic carbocycles. The summed E-state index contributed by atoms with van der Waals surface area (Å²) < 4.78 is 16.8. The minimum Gasteiger partial charge on any atom is -0.327 e. The molecule has 4 heteroatoms. The van der Waals surface area contributed by atoms with Crippen LogP contribution in [0.2, 0.25) is 0 Å². The highest BCUT2D eigenvalue weighted by molar-refractivity contribution is 6.17. The summed E-state index contributed by atoms with van der Waals surface area (Å²) in [5.41, 5.74) is 0. The van der Waals surface area contributed by atoms with Crippen molar-refractivity contribution >= 4 is 11.6 Å². The van der Waals surface area contributed by atoms with Crippen LogP contribution < -0.4 is 0 Å². The van der Waals surface area contributed by atoms with E-state index in [-0.39, 0.29) is 6.10 Å². The molecular weight excluding hydrogens is 192 g/mol. The normalized spacial score (nSPS) is 39.9. The van der Waals surface area contributed by atoms with Crippen molar-refractivity contribution in [1.82, 2.24) is 0 Å². The lowest BCUT2D eigenvalue weighted by Gasteiger charge is -2.31. The Kier molecular flexibility index (Phi) is 3.09. The molecule has 0 amide bonds. The number of hydrogen-bond donors (Lipinski definition) is 0. The van der Waals surface area contributed by atoms with Crippen LogP contribution in [0.3, 0.4) is 0 Å². The van der Waals surface area contributed by atoms with Crippen molar-refractivity contribution in [2.45, 2.75) is 37.8 Å². The fourth-order valence-electron chi connectivity index (χ4n) is 1.76. The third kappa shape index (κ3) is 2.15. The molecule has 0 bridgehead atoms. The predicted molar refractivity (Wildman–Crippen MR) is 48.7 cm³/mol. The minimum absolute atomic E-state index is 0.121. The van der Waals surface area contributed by atoms with Crippen molar-refractivity contribution in [3.8, 4) is 0 Å². The number of halogens is 1. The van der Waals surface area contributed by atoms with Gasteiger partial charge in [-0.3, -0.25) is 0 Å². The maximum atomic E-state index is 5.70. The Labute approximate surface area is 83.3 Å². The first-order valence-electron chi connectivity index (χ1n) is 4.86. The Morgan fingerprint density at radius 3 is 2.92 bits per heavy atom. The minimum atomic E-state index is -0.713. The fraction of sp³-hybridized carbons (Fsp3) is 1.00. The third-order valence-corrected chi connectivity index (χ3v) is 2.68. The van der Waals surface area contributed by atoms with Crippen molar-refractivity contribution in [1.29, 1.82) is 0 Å². The highest BCUT2D eigenvalue weighted by Gasteiger charge is 2.43. The van der Waals surface area contributed by atoms with Crippen LogP contribution in [0, 0.1) is 0 Å².